The molecule has 0 aliphatic heterocycles. The van der Waals surface area contributed by atoms with Crippen molar-refractivity contribution < 1.29 is 9.53 Å². The van der Waals surface area contributed by atoms with Crippen LogP contribution in [-0.2, 0) is 4.79 Å². The fraction of sp³-hybridized carbons (Fsp3) is 0.333. The van der Waals surface area contributed by atoms with Crippen molar-refractivity contribution >= 4 is 23.4 Å². The number of thioether (sulfide) groups is 1. The molecule has 0 fully saturated rings. The third-order valence-electron chi connectivity index (χ3n) is 4.33. The smallest absolute Gasteiger partial charge is 0.237 e. The fourth-order valence-electron chi connectivity index (χ4n) is 2.67. The Morgan fingerprint density at radius 1 is 1.10 bits per heavy atom. The first-order chi connectivity index (χ1) is 14.0. The maximum atomic E-state index is 12.6. The first-order valence-electron chi connectivity index (χ1n) is 9.57. The predicted octanol–water partition coefficient (Wildman–Crippen LogP) is 4.30. The van der Waals surface area contributed by atoms with Crippen molar-refractivity contribution in [2.75, 3.05) is 11.9 Å². The largest absolute Gasteiger partial charge is 0.494 e. The van der Waals surface area contributed by atoms with Gasteiger partial charge in [-0.15, -0.1) is 5.10 Å². The van der Waals surface area contributed by atoms with E-state index in [9.17, 15) is 4.79 Å². The summed E-state index contributed by atoms with van der Waals surface area (Å²) < 4.78 is 7.07. The molecule has 29 heavy (non-hydrogen) atoms. The van der Waals surface area contributed by atoms with E-state index >= 15 is 0 Å². The van der Waals surface area contributed by atoms with E-state index in [4.69, 9.17) is 4.74 Å². The lowest BCUT2D eigenvalue weighted by Gasteiger charge is -2.12. The number of benzene rings is 2. The van der Waals surface area contributed by atoms with Gasteiger partial charge in [0, 0.05) is 5.69 Å². The van der Waals surface area contributed by atoms with Crippen LogP contribution >= 0.6 is 11.8 Å². The molecule has 1 aromatic heterocycles. The summed E-state index contributed by atoms with van der Waals surface area (Å²) in [5, 5.41) is 15.0. The van der Waals surface area contributed by atoms with Crippen LogP contribution in [0.3, 0.4) is 0 Å². The number of rotatable bonds is 8. The van der Waals surface area contributed by atoms with Crippen LogP contribution < -0.4 is 10.1 Å². The molecular formula is C21H25N5O2S. The molecule has 2 aromatic carbocycles. The number of nitrogens with zero attached hydrogens (tertiary/aromatic N) is 4. The summed E-state index contributed by atoms with van der Waals surface area (Å²) in [4.78, 5) is 12.6. The molecule has 0 spiro atoms. The quantitative estimate of drug-likeness (QED) is 0.557. The third-order valence-corrected chi connectivity index (χ3v) is 5.36. The van der Waals surface area contributed by atoms with Crippen LogP contribution in [0.5, 0.6) is 5.75 Å². The van der Waals surface area contributed by atoms with E-state index in [-0.39, 0.29) is 11.2 Å². The number of carbonyl (C=O) groups excluding carboxylic acids is 1. The number of carbonyl (C=O) groups is 1. The SMILES string of the molecule is CCOc1ccc(NC(=O)C(C)Sc2nnnn2-c2ccc(C(C)C)cc2)cc1. The molecule has 0 aliphatic rings. The van der Waals surface area contributed by atoms with Crippen molar-refractivity contribution in [3.05, 3.63) is 54.1 Å². The maximum absolute atomic E-state index is 12.6. The van der Waals surface area contributed by atoms with E-state index in [2.05, 4.69) is 46.8 Å². The molecule has 1 N–H and O–H groups in total. The van der Waals surface area contributed by atoms with Gasteiger partial charge in [0.2, 0.25) is 11.1 Å². The molecule has 3 aromatic rings. The van der Waals surface area contributed by atoms with Gasteiger partial charge in [-0.3, -0.25) is 4.79 Å². The second-order valence-electron chi connectivity index (χ2n) is 6.83. The first-order valence-corrected chi connectivity index (χ1v) is 10.4. The summed E-state index contributed by atoms with van der Waals surface area (Å²) in [5.74, 6) is 1.11. The van der Waals surface area contributed by atoms with Crippen molar-refractivity contribution in [1.29, 1.82) is 0 Å². The monoisotopic (exact) mass is 411 g/mol. The van der Waals surface area contributed by atoms with Gasteiger partial charge in [0.1, 0.15) is 5.75 Å². The van der Waals surface area contributed by atoms with Crippen LogP contribution in [0.15, 0.2) is 53.7 Å². The Kier molecular flexibility index (Phi) is 6.87. The highest BCUT2D eigenvalue weighted by Crippen LogP contribution is 2.25. The van der Waals surface area contributed by atoms with Crippen LogP contribution in [0.25, 0.3) is 5.69 Å². The number of hydrogen-bond acceptors (Lipinski definition) is 6. The van der Waals surface area contributed by atoms with Crippen molar-refractivity contribution in [3.63, 3.8) is 0 Å². The molecule has 1 atom stereocenters. The highest BCUT2D eigenvalue weighted by molar-refractivity contribution is 8.00. The Hall–Kier alpha value is -2.87. The van der Waals surface area contributed by atoms with Crippen molar-refractivity contribution in [2.24, 2.45) is 0 Å². The van der Waals surface area contributed by atoms with Gasteiger partial charge in [0.15, 0.2) is 0 Å². The highest BCUT2D eigenvalue weighted by atomic mass is 32.2. The molecule has 0 bridgehead atoms. The summed E-state index contributed by atoms with van der Waals surface area (Å²) in [6.45, 7) is 8.67. The molecule has 0 aliphatic carbocycles. The second-order valence-corrected chi connectivity index (χ2v) is 8.13. The molecule has 0 saturated carbocycles. The number of amides is 1. The molecule has 1 unspecified atom stereocenters. The van der Waals surface area contributed by atoms with Gasteiger partial charge in [0.25, 0.3) is 0 Å². The van der Waals surface area contributed by atoms with Crippen LogP contribution in [0.2, 0.25) is 0 Å². The van der Waals surface area contributed by atoms with Crippen molar-refractivity contribution in [3.8, 4) is 11.4 Å². The Bertz CT molecular complexity index is 938. The van der Waals surface area contributed by atoms with Gasteiger partial charge in [-0.05, 0) is 72.2 Å². The molecular weight excluding hydrogens is 386 g/mol. The summed E-state index contributed by atoms with van der Waals surface area (Å²) in [6, 6.07) is 15.4. The predicted molar refractivity (Wildman–Crippen MR) is 115 cm³/mol. The lowest BCUT2D eigenvalue weighted by Crippen LogP contribution is -2.22. The molecule has 1 heterocycles. The van der Waals surface area contributed by atoms with E-state index in [0.717, 1.165) is 17.1 Å². The second kappa shape index (κ2) is 9.56. The standard InChI is InChI=1S/C21H25N5O2S/c1-5-28-19-12-8-17(9-13-19)22-20(27)15(4)29-21-23-24-25-26(21)18-10-6-16(7-11-18)14(2)3/h6-15H,5H2,1-4H3,(H,22,27). The third kappa shape index (κ3) is 5.35. The zero-order valence-corrected chi connectivity index (χ0v) is 17.8. The molecule has 7 nitrogen and oxygen atoms in total. The fourth-order valence-corrected chi connectivity index (χ4v) is 3.48. The summed E-state index contributed by atoms with van der Waals surface area (Å²) >= 11 is 1.31. The average molecular weight is 412 g/mol. The van der Waals surface area contributed by atoms with Gasteiger partial charge in [-0.1, -0.05) is 37.7 Å². The Balaban J connectivity index is 1.65. The van der Waals surface area contributed by atoms with E-state index in [1.807, 2.05) is 50.2 Å². The summed E-state index contributed by atoms with van der Waals surface area (Å²) in [5.41, 5.74) is 2.83. The minimum atomic E-state index is -0.374. The Morgan fingerprint density at radius 2 is 1.79 bits per heavy atom. The number of nitrogens with one attached hydrogen (secondary N) is 1. The molecule has 3 rings (SSSR count). The lowest BCUT2D eigenvalue weighted by molar-refractivity contribution is -0.115. The zero-order valence-electron chi connectivity index (χ0n) is 17.0. The Morgan fingerprint density at radius 3 is 2.41 bits per heavy atom. The van der Waals surface area contributed by atoms with Gasteiger partial charge in [0.05, 0.1) is 17.5 Å². The average Bonchev–Trinajstić information content (AvgIpc) is 3.17. The summed E-state index contributed by atoms with van der Waals surface area (Å²) in [6.07, 6.45) is 0. The number of anilines is 1. The zero-order chi connectivity index (χ0) is 20.8. The highest BCUT2D eigenvalue weighted by Gasteiger charge is 2.19. The topological polar surface area (TPSA) is 81.9 Å². The molecule has 0 saturated heterocycles. The van der Waals surface area contributed by atoms with E-state index < -0.39 is 0 Å². The van der Waals surface area contributed by atoms with Crippen LogP contribution in [0.4, 0.5) is 5.69 Å². The van der Waals surface area contributed by atoms with Gasteiger partial charge < -0.3 is 10.1 Å². The van der Waals surface area contributed by atoms with Gasteiger partial charge in [-0.2, -0.15) is 4.68 Å². The van der Waals surface area contributed by atoms with Gasteiger partial charge >= 0.3 is 0 Å². The molecule has 152 valence electrons. The molecule has 1 amide bonds. The number of tetrazole rings is 1. The van der Waals surface area contributed by atoms with E-state index in [1.165, 1.54) is 17.3 Å². The minimum Gasteiger partial charge on any atom is -0.494 e. The van der Waals surface area contributed by atoms with E-state index in [0.29, 0.717) is 17.7 Å². The number of hydrogen-bond donors (Lipinski definition) is 1. The summed E-state index contributed by atoms with van der Waals surface area (Å²) in [7, 11) is 0. The minimum absolute atomic E-state index is 0.121. The van der Waals surface area contributed by atoms with Gasteiger partial charge in [-0.25, -0.2) is 0 Å². The van der Waals surface area contributed by atoms with Crippen molar-refractivity contribution in [2.45, 2.75) is 44.0 Å². The Labute approximate surface area is 174 Å². The normalized spacial score (nSPS) is 12.0. The molecule has 8 heteroatoms. The maximum Gasteiger partial charge on any atom is 0.237 e. The first kappa shape index (κ1) is 20.9. The number of ether oxygens (including phenoxy) is 1. The van der Waals surface area contributed by atoms with Crippen molar-refractivity contribution in [1.82, 2.24) is 20.2 Å². The number of aromatic nitrogens is 4. The van der Waals surface area contributed by atoms with Crippen LogP contribution in [-0.4, -0.2) is 38.0 Å². The van der Waals surface area contributed by atoms with E-state index in [1.54, 1.807) is 4.68 Å². The molecule has 0 radical (unpaired) electrons. The lowest BCUT2D eigenvalue weighted by atomic mass is 10.0. The van der Waals surface area contributed by atoms with Crippen LogP contribution in [0, 0.1) is 0 Å². The van der Waals surface area contributed by atoms with Crippen LogP contribution in [0.1, 0.15) is 39.2 Å².